The molecule has 1 aromatic rings. The summed E-state index contributed by atoms with van der Waals surface area (Å²) in [5.41, 5.74) is 0. The Balaban J connectivity index is 2.27. The maximum atomic E-state index is 9.34. The molecule has 1 N–H and O–H groups in total. The lowest BCUT2D eigenvalue weighted by atomic mass is 10.3. The first-order valence-corrected chi connectivity index (χ1v) is 4.91. The number of halogens is 2. The van der Waals surface area contributed by atoms with Gasteiger partial charge < -0.3 is 10.0 Å². The van der Waals surface area contributed by atoms with E-state index in [2.05, 4.69) is 15.2 Å². The van der Waals surface area contributed by atoms with Crippen LogP contribution in [0.15, 0.2) is 0 Å². The molecule has 0 bridgehead atoms. The van der Waals surface area contributed by atoms with Crippen molar-refractivity contribution < 1.29 is 5.11 Å². The van der Waals surface area contributed by atoms with E-state index in [0.29, 0.717) is 25.3 Å². The fourth-order valence-corrected chi connectivity index (χ4v) is 1.74. The Labute approximate surface area is 90.7 Å². The lowest BCUT2D eigenvalue weighted by Crippen LogP contribution is -2.23. The van der Waals surface area contributed by atoms with E-state index in [1.165, 1.54) is 0 Å². The molecule has 0 aromatic carbocycles. The fourth-order valence-electron chi connectivity index (χ4n) is 1.42. The number of β-amino-alcohol motifs (C(OH)–C–C–N with tert-alkyl or cyclic N) is 1. The van der Waals surface area contributed by atoms with Crippen molar-refractivity contribution in [1.29, 1.82) is 0 Å². The third-order valence-corrected chi connectivity index (χ3v) is 2.47. The normalized spacial score (nSPS) is 21.6. The molecule has 1 atom stereocenters. The minimum Gasteiger partial charge on any atom is -0.391 e. The van der Waals surface area contributed by atoms with Gasteiger partial charge in [0, 0.05) is 13.1 Å². The molecule has 0 saturated carbocycles. The smallest absolute Gasteiger partial charge is 0.245 e. The predicted molar refractivity (Wildman–Crippen MR) is 52.7 cm³/mol. The average molecular weight is 235 g/mol. The first-order valence-electron chi connectivity index (χ1n) is 4.15. The summed E-state index contributed by atoms with van der Waals surface area (Å²) in [4.78, 5) is 5.80. The van der Waals surface area contributed by atoms with Gasteiger partial charge in [0.1, 0.15) is 0 Å². The zero-order valence-electron chi connectivity index (χ0n) is 7.19. The number of aliphatic hydroxyl groups excluding tert-OH is 1. The van der Waals surface area contributed by atoms with Gasteiger partial charge in [-0.2, -0.15) is 4.98 Å². The standard InChI is InChI=1S/C7H8Cl2N4O/c8-5-6(10-7(9)12-11-5)13-2-1-4(14)3-13/h4,14H,1-3H2. The Kier molecular flexibility index (Phi) is 2.71. The predicted octanol–water partition coefficient (Wildman–Crippen LogP) is 0.749. The summed E-state index contributed by atoms with van der Waals surface area (Å²) >= 11 is 11.4. The summed E-state index contributed by atoms with van der Waals surface area (Å²) in [5.74, 6) is 0.489. The van der Waals surface area contributed by atoms with Crippen LogP contribution in [0.1, 0.15) is 6.42 Å². The van der Waals surface area contributed by atoms with E-state index in [1.807, 2.05) is 4.90 Å². The third kappa shape index (κ3) is 1.89. The Morgan fingerprint density at radius 3 is 2.79 bits per heavy atom. The Morgan fingerprint density at radius 1 is 1.36 bits per heavy atom. The molecule has 2 rings (SSSR count). The van der Waals surface area contributed by atoms with Crippen LogP contribution in [0.3, 0.4) is 0 Å². The summed E-state index contributed by atoms with van der Waals surface area (Å²) < 4.78 is 0. The van der Waals surface area contributed by atoms with E-state index in [9.17, 15) is 5.11 Å². The van der Waals surface area contributed by atoms with Crippen LogP contribution in [-0.2, 0) is 0 Å². The molecule has 0 spiro atoms. The van der Waals surface area contributed by atoms with E-state index in [-0.39, 0.29) is 16.5 Å². The number of rotatable bonds is 1. The van der Waals surface area contributed by atoms with Gasteiger partial charge in [-0.15, -0.1) is 10.2 Å². The molecule has 0 aliphatic carbocycles. The van der Waals surface area contributed by atoms with Gasteiger partial charge in [-0.3, -0.25) is 0 Å². The molecule has 1 saturated heterocycles. The van der Waals surface area contributed by atoms with Crippen molar-refractivity contribution in [1.82, 2.24) is 15.2 Å². The summed E-state index contributed by atoms with van der Waals surface area (Å²) in [7, 11) is 0. The van der Waals surface area contributed by atoms with Crippen molar-refractivity contribution in [2.75, 3.05) is 18.0 Å². The Bertz CT molecular complexity index is 348. The van der Waals surface area contributed by atoms with Gasteiger partial charge in [0.25, 0.3) is 0 Å². The van der Waals surface area contributed by atoms with Crippen LogP contribution in [0.25, 0.3) is 0 Å². The molecule has 5 nitrogen and oxygen atoms in total. The lowest BCUT2D eigenvalue weighted by Gasteiger charge is -2.16. The van der Waals surface area contributed by atoms with E-state index in [4.69, 9.17) is 23.2 Å². The van der Waals surface area contributed by atoms with Crippen LogP contribution in [0.4, 0.5) is 5.82 Å². The van der Waals surface area contributed by atoms with Gasteiger partial charge in [-0.25, -0.2) is 0 Å². The second-order valence-corrected chi connectivity index (χ2v) is 3.78. The number of nitrogens with zero attached hydrogens (tertiary/aromatic N) is 4. The van der Waals surface area contributed by atoms with Crippen molar-refractivity contribution in [2.45, 2.75) is 12.5 Å². The summed E-state index contributed by atoms with van der Waals surface area (Å²) in [6.07, 6.45) is 0.373. The fraction of sp³-hybridized carbons (Fsp3) is 0.571. The maximum absolute atomic E-state index is 9.34. The van der Waals surface area contributed by atoms with Crippen molar-refractivity contribution in [3.05, 3.63) is 10.4 Å². The molecule has 1 aliphatic heterocycles. The molecule has 1 fully saturated rings. The van der Waals surface area contributed by atoms with Crippen LogP contribution in [-0.4, -0.2) is 39.5 Å². The molecular formula is C7H8Cl2N4O. The molecule has 1 aromatic heterocycles. The molecule has 2 heterocycles. The van der Waals surface area contributed by atoms with E-state index >= 15 is 0 Å². The summed E-state index contributed by atoms with van der Waals surface area (Å²) in [6, 6.07) is 0. The lowest BCUT2D eigenvalue weighted by molar-refractivity contribution is 0.198. The van der Waals surface area contributed by atoms with Crippen molar-refractivity contribution in [3.8, 4) is 0 Å². The van der Waals surface area contributed by atoms with Gasteiger partial charge in [-0.05, 0) is 18.0 Å². The van der Waals surface area contributed by atoms with Gasteiger partial charge in [0.15, 0.2) is 11.0 Å². The highest BCUT2D eigenvalue weighted by atomic mass is 35.5. The van der Waals surface area contributed by atoms with Gasteiger partial charge >= 0.3 is 0 Å². The van der Waals surface area contributed by atoms with Crippen molar-refractivity contribution >= 4 is 29.0 Å². The van der Waals surface area contributed by atoms with Gasteiger partial charge in [-0.1, -0.05) is 11.6 Å². The first kappa shape index (κ1) is 9.89. The van der Waals surface area contributed by atoms with Crippen LogP contribution < -0.4 is 4.90 Å². The molecule has 0 radical (unpaired) electrons. The highest BCUT2D eigenvalue weighted by Crippen LogP contribution is 2.24. The second kappa shape index (κ2) is 3.84. The van der Waals surface area contributed by atoms with Gasteiger partial charge in [0.05, 0.1) is 6.10 Å². The summed E-state index contributed by atoms with van der Waals surface area (Å²) in [5, 5.41) is 16.8. The Morgan fingerprint density at radius 2 is 2.14 bits per heavy atom. The largest absolute Gasteiger partial charge is 0.391 e. The van der Waals surface area contributed by atoms with Crippen molar-refractivity contribution in [2.24, 2.45) is 0 Å². The molecule has 1 aliphatic rings. The molecular weight excluding hydrogens is 227 g/mol. The van der Waals surface area contributed by atoms with E-state index in [1.54, 1.807) is 0 Å². The number of hydrogen-bond donors (Lipinski definition) is 1. The molecule has 1 unspecified atom stereocenters. The van der Waals surface area contributed by atoms with Crippen LogP contribution in [0.2, 0.25) is 10.4 Å². The number of aliphatic hydroxyl groups is 1. The topological polar surface area (TPSA) is 62.1 Å². The van der Waals surface area contributed by atoms with Crippen molar-refractivity contribution in [3.63, 3.8) is 0 Å². The van der Waals surface area contributed by atoms with E-state index in [0.717, 1.165) is 0 Å². The summed E-state index contributed by atoms with van der Waals surface area (Å²) in [6.45, 7) is 1.21. The average Bonchev–Trinajstić information content (AvgIpc) is 2.56. The molecule has 76 valence electrons. The SMILES string of the molecule is OC1CCN(c2nc(Cl)nnc2Cl)C1. The number of hydrogen-bond acceptors (Lipinski definition) is 5. The quantitative estimate of drug-likeness (QED) is 0.778. The minimum absolute atomic E-state index is 0.0609. The zero-order valence-corrected chi connectivity index (χ0v) is 8.70. The minimum atomic E-state index is -0.334. The molecule has 0 amide bonds. The van der Waals surface area contributed by atoms with E-state index < -0.39 is 0 Å². The van der Waals surface area contributed by atoms with Crippen LogP contribution in [0, 0.1) is 0 Å². The Hall–Kier alpha value is -0.650. The molecule has 14 heavy (non-hydrogen) atoms. The van der Waals surface area contributed by atoms with Gasteiger partial charge in [0.2, 0.25) is 5.28 Å². The highest BCUT2D eigenvalue weighted by molar-refractivity contribution is 6.32. The highest BCUT2D eigenvalue weighted by Gasteiger charge is 2.24. The zero-order chi connectivity index (χ0) is 10.1. The second-order valence-electron chi connectivity index (χ2n) is 3.08. The monoisotopic (exact) mass is 234 g/mol. The third-order valence-electron chi connectivity index (χ3n) is 2.07. The first-order chi connectivity index (χ1) is 6.66. The molecule has 7 heteroatoms. The van der Waals surface area contributed by atoms with Crippen LogP contribution in [0.5, 0.6) is 0 Å². The number of aromatic nitrogens is 3. The maximum Gasteiger partial charge on any atom is 0.245 e. The van der Waals surface area contributed by atoms with Crippen LogP contribution >= 0.6 is 23.2 Å². The number of anilines is 1.